The molecule has 1 aromatic rings. The van der Waals surface area contributed by atoms with Crippen molar-refractivity contribution in [1.82, 2.24) is 0 Å². The molecule has 0 aliphatic carbocycles. The van der Waals surface area contributed by atoms with E-state index in [1.165, 1.54) is 0 Å². The van der Waals surface area contributed by atoms with Crippen molar-refractivity contribution in [3.8, 4) is 11.5 Å². The van der Waals surface area contributed by atoms with Crippen LogP contribution in [0, 0.1) is 0 Å². The highest BCUT2D eigenvalue weighted by molar-refractivity contribution is 5.86. The maximum Gasteiger partial charge on any atom is 0.333 e. The Balaban J connectivity index is 2.31. The predicted octanol–water partition coefficient (Wildman–Crippen LogP) is 2.19. The van der Waals surface area contributed by atoms with Crippen molar-refractivity contribution in [2.45, 2.75) is 6.92 Å². The van der Waals surface area contributed by atoms with Crippen LogP contribution in [0.2, 0.25) is 0 Å². The van der Waals surface area contributed by atoms with Crippen LogP contribution in [-0.4, -0.2) is 26.3 Å². The summed E-state index contributed by atoms with van der Waals surface area (Å²) < 4.78 is 15.3. The third-order valence-corrected chi connectivity index (χ3v) is 1.97. The van der Waals surface area contributed by atoms with E-state index >= 15 is 0 Å². The minimum Gasteiger partial charge on any atom is -0.497 e. The summed E-state index contributed by atoms with van der Waals surface area (Å²) in [5.74, 6) is 0.997. The summed E-state index contributed by atoms with van der Waals surface area (Å²) >= 11 is 0. The average molecular weight is 236 g/mol. The molecule has 4 nitrogen and oxygen atoms in total. The molecule has 0 atom stereocenters. The fourth-order valence-corrected chi connectivity index (χ4v) is 1.11. The Bertz CT molecular complexity index is 398. The van der Waals surface area contributed by atoms with Crippen molar-refractivity contribution in [3.63, 3.8) is 0 Å². The predicted molar refractivity (Wildman–Crippen MR) is 64.3 cm³/mol. The number of benzene rings is 1. The van der Waals surface area contributed by atoms with E-state index in [1.54, 1.807) is 20.1 Å². The lowest BCUT2D eigenvalue weighted by Crippen LogP contribution is -2.12. The number of carbonyl (C=O) groups excluding carboxylic acids is 1. The zero-order chi connectivity index (χ0) is 12.7. The standard InChI is InChI=1S/C13H16O4/c1-10(2)13(14)17-8-7-16-12-6-4-5-11(9-12)15-3/h4-6,9H,1,7-8H2,2-3H3. The molecule has 1 rings (SSSR count). The van der Waals surface area contributed by atoms with Gasteiger partial charge in [-0.1, -0.05) is 12.6 Å². The summed E-state index contributed by atoms with van der Waals surface area (Å²) in [5, 5.41) is 0. The van der Waals surface area contributed by atoms with E-state index in [0.717, 1.165) is 5.75 Å². The molecule has 0 radical (unpaired) electrons. The van der Waals surface area contributed by atoms with Gasteiger partial charge in [-0.2, -0.15) is 0 Å². The largest absolute Gasteiger partial charge is 0.497 e. The van der Waals surface area contributed by atoms with E-state index in [2.05, 4.69) is 6.58 Å². The summed E-state index contributed by atoms with van der Waals surface area (Å²) in [6.07, 6.45) is 0. The van der Waals surface area contributed by atoms with Crippen molar-refractivity contribution in [2.24, 2.45) is 0 Å². The SMILES string of the molecule is C=C(C)C(=O)OCCOc1cccc(OC)c1. The van der Waals surface area contributed by atoms with Gasteiger partial charge in [0.05, 0.1) is 7.11 Å². The minimum atomic E-state index is -0.403. The van der Waals surface area contributed by atoms with Crippen LogP contribution in [0.3, 0.4) is 0 Å². The van der Waals surface area contributed by atoms with E-state index in [0.29, 0.717) is 17.9 Å². The monoisotopic (exact) mass is 236 g/mol. The van der Waals surface area contributed by atoms with Crippen molar-refractivity contribution >= 4 is 5.97 Å². The molecule has 0 amide bonds. The van der Waals surface area contributed by atoms with Gasteiger partial charge in [0, 0.05) is 11.6 Å². The van der Waals surface area contributed by atoms with Gasteiger partial charge in [0.15, 0.2) is 0 Å². The van der Waals surface area contributed by atoms with Gasteiger partial charge in [0.1, 0.15) is 24.7 Å². The van der Waals surface area contributed by atoms with Crippen LogP contribution in [0.25, 0.3) is 0 Å². The Kier molecular flexibility index (Phi) is 5.07. The molecule has 17 heavy (non-hydrogen) atoms. The molecule has 0 N–H and O–H groups in total. The minimum absolute atomic E-state index is 0.197. The van der Waals surface area contributed by atoms with Gasteiger partial charge in [0.25, 0.3) is 0 Å². The van der Waals surface area contributed by atoms with Gasteiger partial charge in [-0.3, -0.25) is 0 Å². The highest BCUT2D eigenvalue weighted by Gasteiger charge is 2.02. The molecular weight excluding hydrogens is 220 g/mol. The summed E-state index contributed by atoms with van der Waals surface area (Å²) in [5.41, 5.74) is 0.381. The average Bonchev–Trinajstić information content (AvgIpc) is 2.34. The number of ether oxygens (including phenoxy) is 3. The molecule has 0 saturated heterocycles. The molecule has 1 aromatic carbocycles. The first-order valence-electron chi connectivity index (χ1n) is 5.23. The second kappa shape index (κ2) is 6.58. The molecule has 0 unspecified atom stereocenters. The Morgan fingerprint density at radius 3 is 2.65 bits per heavy atom. The van der Waals surface area contributed by atoms with Crippen molar-refractivity contribution in [3.05, 3.63) is 36.4 Å². The molecular formula is C13H16O4. The van der Waals surface area contributed by atoms with Gasteiger partial charge in [-0.05, 0) is 19.1 Å². The summed E-state index contributed by atoms with van der Waals surface area (Å²) in [6.45, 7) is 5.58. The molecule has 92 valence electrons. The molecule has 0 aliphatic rings. The fourth-order valence-electron chi connectivity index (χ4n) is 1.11. The van der Waals surface area contributed by atoms with Gasteiger partial charge < -0.3 is 14.2 Å². The Morgan fingerprint density at radius 2 is 2.00 bits per heavy atom. The highest BCUT2D eigenvalue weighted by Crippen LogP contribution is 2.18. The topological polar surface area (TPSA) is 44.8 Å². The first-order valence-corrected chi connectivity index (χ1v) is 5.23. The van der Waals surface area contributed by atoms with Crippen LogP contribution in [0.4, 0.5) is 0 Å². The molecule has 0 fully saturated rings. The lowest BCUT2D eigenvalue weighted by molar-refractivity contribution is -0.139. The van der Waals surface area contributed by atoms with E-state index in [-0.39, 0.29) is 6.61 Å². The van der Waals surface area contributed by atoms with E-state index in [9.17, 15) is 4.79 Å². The number of esters is 1. The molecule has 0 spiro atoms. The first kappa shape index (κ1) is 13.1. The number of methoxy groups -OCH3 is 1. The Hall–Kier alpha value is -1.97. The Morgan fingerprint density at radius 1 is 1.29 bits per heavy atom. The summed E-state index contributed by atoms with van der Waals surface area (Å²) in [6, 6.07) is 7.23. The number of carbonyl (C=O) groups is 1. The molecule has 0 heterocycles. The Labute approximate surface area is 101 Å². The van der Waals surface area contributed by atoms with Crippen LogP contribution in [0.15, 0.2) is 36.4 Å². The fraction of sp³-hybridized carbons (Fsp3) is 0.308. The summed E-state index contributed by atoms with van der Waals surface area (Å²) in [4.78, 5) is 11.1. The maximum atomic E-state index is 11.1. The van der Waals surface area contributed by atoms with Crippen LogP contribution in [0.5, 0.6) is 11.5 Å². The zero-order valence-corrected chi connectivity index (χ0v) is 10.1. The smallest absolute Gasteiger partial charge is 0.333 e. The number of hydrogen-bond donors (Lipinski definition) is 0. The van der Waals surface area contributed by atoms with Crippen molar-refractivity contribution < 1.29 is 19.0 Å². The van der Waals surface area contributed by atoms with Gasteiger partial charge in [-0.25, -0.2) is 4.79 Å². The van der Waals surface area contributed by atoms with Crippen molar-refractivity contribution in [1.29, 1.82) is 0 Å². The van der Waals surface area contributed by atoms with Gasteiger partial charge in [-0.15, -0.1) is 0 Å². The van der Waals surface area contributed by atoms with Crippen LogP contribution >= 0.6 is 0 Å². The maximum absolute atomic E-state index is 11.1. The quantitative estimate of drug-likeness (QED) is 0.431. The lowest BCUT2D eigenvalue weighted by Gasteiger charge is -2.08. The van der Waals surface area contributed by atoms with Crippen LogP contribution in [0.1, 0.15) is 6.92 Å². The lowest BCUT2D eigenvalue weighted by atomic mass is 10.3. The second-order valence-electron chi connectivity index (χ2n) is 3.44. The van der Waals surface area contributed by atoms with Gasteiger partial charge >= 0.3 is 5.97 Å². The first-order chi connectivity index (χ1) is 8.13. The molecule has 0 aromatic heterocycles. The van der Waals surface area contributed by atoms with Crippen LogP contribution in [-0.2, 0) is 9.53 Å². The van der Waals surface area contributed by atoms with E-state index in [4.69, 9.17) is 14.2 Å². The van der Waals surface area contributed by atoms with E-state index in [1.807, 2.05) is 18.2 Å². The number of hydrogen-bond acceptors (Lipinski definition) is 4. The van der Waals surface area contributed by atoms with Gasteiger partial charge in [0.2, 0.25) is 0 Å². The molecule has 0 saturated carbocycles. The normalized spacial score (nSPS) is 9.53. The molecule has 4 heteroatoms. The zero-order valence-electron chi connectivity index (χ0n) is 10.1. The highest BCUT2D eigenvalue weighted by atomic mass is 16.6. The molecule has 0 aliphatic heterocycles. The summed E-state index contributed by atoms with van der Waals surface area (Å²) in [7, 11) is 1.59. The second-order valence-corrected chi connectivity index (χ2v) is 3.44. The number of rotatable bonds is 6. The van der Waals surface area contributed by atoms with Crippen LogP contribution < -0.4 is 9.47 Å². The third kappa shape index (κ3) is 4.59. The molecule has 0 bridgehead atoms. The van der Waals surface area contributed by atoms with E-state index < -0.39 is 5.97 Å². The van der Waals surface area contributed by atoms with Crippen molar-refractivity contribution in [2.75, 3.05) is 20.3 Å². The third-order valence-electron chi connectivity index (χ3n) is 1.97.